The normalized spacial score (nSPS) is 19.6. The molecule has 1 fully saturated rings. The Bertz CT molecular complexity index is 826. The van der Waals surface area contributed by atoms with Gasteiger partial charge in [0.25, 0.3) is 0 Å². The fourth-order valence-electron chi connectivity index (χ4n) is 3.62. The van der Waals surface area contributed by atoms with E-state index >= 15 is 0 Å². The number of ether oxygens (including phenoxy) is 1. The zero-order valence-corrected chi connectivity index (χ0v) is 16.3. The average molecular weight is 386 g/mol. The first-order valence-electron chi connectivity index (χ1n) is 9.45. The molecule has 28 heavy (non-hydrogen) atoms. The molecule has 1 aromatic heterocycles. The first kappa shape index (κ1) is 20.1. The van der Waals surface area contributed by atoms with Gasteiger partial charge in [-0.1, -0.05) is 29.8 Å². The largest absolute Gasteiger partial charge is 0.481 e. The van der Waals surface area contributed by atoms with Crippen LogP contribution in [0.25, 0.3) is 11.3 Å². The molecule has 1 aliphatic heterocycles. The summed E-state index contributed by atoms with van der Waals surface area (Å²) in [4.78, 5) is 30.2. The molecular formula is C21H26N2O5. The number of hydrogen-bond acceptors (Lipinski definition) is 5. The van der Waals surface area contributed by atoms with Crippen LogP contribution in [0, 0.1) is 12.3 Å². The summed E-state index contributed by atoms with van der Waals surface area (Å²) in [5.41, 5.74) is 1.09. The number of carboxylic acid groups (broad SMARTS) is 1. The first-order chi connectivity index (χ1) is 13.4. The van der Waals surface area contributed by atoms with E-state index in [0.717, 1.165) is 5.56 Å². The van der Waals surface area contributed by atoms with Crippen molar-refractivity contribution >= 4 is 11.9 Å². The van der Waals surface area contributed by atoms with Gasteiger partial charge in [0.2, 0.25) is 5.91 Å². The van der Waals surface area contributed by atoms with Gasteiger partial charge in [0.05, 0.1) is 12.8 Å². The standard InChI is InChI=1S/C21H26N2O5/c1-15-4-6-16(7-5-15)17-12-22-18(28-17)8-9-19(24)23-11-3-10-21(13-23,14-27-2)20(25)26/h4-7,12H,3,8-11,13-14H2,1-2H3,(H,25,26). The van der Waals surface area contributed by atoms with E-state index in [2.05, 4.69) is 4.98 Å². The number of nitrogens with zero attached hydrogens (tertiary/aromatic N) is 2. The molecule has 1 unspecified atom stereocenters. The Hall–Kier alpha value is -2.67. The molecule has 1 amide bonds. The van der Waals surface area contributed by atoms with Crippen molar-refractivity contribution in [2.45, 2.75) is 32.6 Å². The van der Waals surface area contributed by atoms with Crippen molar-refractivity contribution in [2.75, 3.05) is 26.8 Å². The minimum absolute atomic E-state index is 0.0866. The van der Waals surface area contributed by atoms with Crippen LogP contribution in [0.15, 0.2) is 34.9 Å². The summed E-state index contributed by atoms with van der Waals surface area (Å²) < 4.78 is 10.9. The number of piperidine rings is 1. The van der Waals surface area contributed by atoms with Crippen LogP contribution < -0.4 is 0 Å². The van der Waals surface area contributed by atoms with E-state index in [1.54, 1.807) is 11.1 Å². The Morgan fingerprint density at radius 1 is 1.32 bits per heavy atom. The molecule has 0 bridgehead atoms. The Morgan fingerprint density at radius 3 is 2.75 bits per heavy atom. The molecule has 3 rings (SSSR count). The van der Waals surface area contributed by atoms with Crippen LogP contribution in [0.2, 0.25) is 0 Å². The summed E-state index contributed by atoms with van der Waals surface area (Å²) in [5, 5.41) is 9.61. The molecule has 0 aliphatic carbocycles. The monoisotopic (exact) mass is 386 g/mol. The molecule has 1 N–H and O–H groups in total. The number of carboxylic acids is 1. The molecule has 7 heteroatoms. The van der Waals surface area contributed by atoms with Crippen LogP contribution in [0.5, 0.6) is 0 Å². The predicted molar refractivity (Wildman–Crippen MR) is 103 cm³/mol. The summed E-state index contributed by atoms with van der Waals surface area (Å²) in [7, 11) is 1.49. The lowest BCUT2D eigenvalue weighted by Crippen LogP contribution is -2.52. The highest BCUT2D eigenvalue weighted by Crippen LogP contribution is 2.31. The minimum Gasteiger partial charge on any atom is -0.481 e. The molecule has 1 saturated heterocycles. The fraction of sp³-hybridized carbons (Fsp3) is 0.476. The Balaban J connectivity index is 1.59. The van der Waals surface area contributed by atoms with Crippen LogP contribution in [-0.2, 0) is 20.7 Å². The molecule has 0 spiro atoms. The van der Waals surface area contributed by atoms with Crippen LogP contribution in [0.4, 0.5) is 0 Å². The topological polar surface area (TPSA) is 92.9 Å². The van der Waals surface area contributed by atoms with E-state index in [1.165, 1.54) is 12.7 Å². The van der Waals surface area contributed by atoms with Gasteiger partial charge in [0.1, 0.15) is 5.41 Å². The number of carbonyl (C=O) groups is 2. The lowest BCUT2D eigenvalue weighted by Gasteiger charge is -2.39. The second-order valence-corrected chi connectivity index (χ2v) is 7.42. The van der Waals surface area contributed by atoms with Crippen LogP contribution in [0.1, 0.15) is 30.7 Å². The maximum Gasteiger partial charge on any atom is 0.313 e. The number of carbonyl (C=O) groups excluding carboxylic acids is 1. The van der Waals surface area contributed by atoms with Crippen molar-refractivity contribution < 1.29 is 23.8 Å². The van der Waals surface area contributed by atoms with Gasteiger partial charge in [0.15, 0.2) is 11.7 Å². The van der Waals surface area contributed by atoms with Crippen molar-refractivity contribution in [1.29, 1.82) is 0 Å². The minimum atomic E-state index is -1.02. The van der Waals surface area contributed by atoms with E-state index < -0.39 is 11.4 Å². The number of aliphatic carboxylic acids is 1. The van der Waals surface area contributed by atoms with E-state index in [-0.39, 0.29) is 25.5 Å². The lowest BCUT2D eigenvalue weighted by molar-refractivity contribution is -0.159. The lowest BCUT2D eigenvalue weighted by atomic mass is 9.80. The van der Waals surface area contributed by atoms with Gasteiger partial charge < -0.3 is 19.2 Å². The van der Waals surface area contributed by atoms with Gasteiger partial charge >= 0.3 is 5.97 Å². The Kier molecular flexibility index (Phi) is 6.14. The Labute approximate surface area is 164 Å². The number of hydrogen-bond donors (Lipinski definition) is 1. The highest BCUT2D eigenvalue weighted by Gasteiger charge is 2.43. The van der Waals surface area contributed by atoms with Crippen molar-refractivity contribution in [3.8, 4) is 11.3 Å². The number of aryl methyl sites for hydroxylation is 2. The predicted octanol–water partition coefficient (Wildman–Crippen LogP) is 2.92. The fourth-order valence-corrected chi connectivity index (χ4v) is 3.62. The molecule has 150 valence electrons. The average Bonchev–Trinajstić information content (AvgIpc) is 3.16. The SMILES string of the molecule is COCC1(C(=O)O)CCCN(C(=O)CCc2ncc(-c3ccc(C)cc3)o2)C1. The zero-order chi connectivity index (χ0) is 20.1. The van der Waals surface area contributed by atoms with Crippen molar-refractivity contribution in [1.82, 2.24) is 9.88 Å². The highest BCUT2D eigenvalue weighted by molar-refractivity contribution is 5.80. The molecule has 1 aliphatic rings. The number of rotatable bonds is 7. The number of amides is 1. The third kappa shape index (κ3) is 4.42. The summed E-state index contributed by atoms with van der Waals surface area (Å²) in [6.07, 6.45) is 3.44. The highest BCUT2D eigenvalue weighted by atomic mass is 16.5. The van der Waals surface area contributed by atoms with Gasteiger partial charge in [-0.15, -0.1) is 0 Å². The molecule has 0 radical (unpaired) electrons. The van der Waals surface area contributed by atoms with E-state index in [9.17, 15) is 14.7 Å². The number of benzene rings is 1. The van der Waals surface area contributed by atoms with Gasteiger partial charge in [-0.05, 0) is 19.8 Å². The summed E-state index contributed by atoms with van der Waals surface area (Å²) >= 11 is 0. The second kappa shape index (κ2) is 8.56. The Morgan fingerprint density at radius 2 is 2.07 bits per heavy atom. The third-order valence-electron chi connectivity index (χ3n) is 5.25. The van der Waals surface area contributed by atoms with Gasteiger partial charge in [-0.25, -0.2) is 4.98 Å². The zero-order valence-electron chi connectivity index (χ0n) is 16.3. The molecular weight excluding hydrogens is 360 g/mol. The summed E-state index contributed by atoms with van der Waals surface area (Å²) in [5.74, 6) is 0.173. The molecule has 1 atom stereocenters. The van der Waals surface area contributed by atoms with Crippen molar-refractivity contribution in [3.63, 3.8) is 0 Å². The molecule has 0 saturated carbocycles. The van der Waals surface area contributed by atoms with Crippen LogP contribution in [-0.4, -0.2) is 53.7 Å². The maximum atomic E-state index is 12.6. The smallest absolute Gasteiger partial charge is 0.313 e. The quantitative estimate of drug-likeness (QED) is 0.786. The molecule has 7 nitrogen and oxygen atoms in total. The van der Waals surface area contributed by atoms with Gasteiger partial charge in [-0.2, -0.15) is 0 Å². The van der Waals surface area contributed by atoms with E-state index in [0.29, 0.717) is 37.5 Å². The number of methoxy groups -OCH3 is 1. The maximum absolute atomic E-state index is 12.6. The number of aromatic nitrogens is 1. The third-order valence-corrected chi connectivity index (χ3v) is 5.25. The van der Waals surface area contributed by atoms with Crippen molar-refractivity contribution in [2.24, 2.45) is 5.41 Å². The second-order valence-electron chi connectivity index (χ2n) is 7.42. The molecule has 2 aromatic rings. The van der Waals surface area contributed by atoms with Crippen LogP contribution >= 0.6 is 0 Å². The molecule has 2 heterocycles. The van der Waals surface area contributed by atoms with E-state index in [4.69, 9.17) is 9.15 Å². The molecule has 1 aromatic carbocycles. The number of oxazole rings is 1. The van der Waals surface area contributed by atoms with Crippen molar-refractivity contribution in [3.05, 3.63) is 41.9 Å². The summed E-state index contributed by atoms with van der Waals surface area (Å²) in [6, 6.07) is 7.96. The number of likely N-dealkylation sites (tertiary alicyclic amines) is 1. The van der Waals surface area contributed by atoms with Gasteiger partial charge in [-0.3, -0.25) is 9.59 Å². The van der Waals surface area contributed by atoms with E-state index in [1.807, 2.05) is 31.2 Å². The summed E-state index contributed by atoms with van der Waals surface area (Å²) in [6.45, 7) is 2.87. The van der Waals surface area contributed by atoms with Gasteiger partial charge in [0, 0.05) is 38.6 Å². The van der Waals surface area contributed by atoms with Crippen LogP contribution in [0.3, 0.4) is 0 Å². The first-order valence-corrected chi connectivity index (χ1v) is 9.45.